The van der Waals surface area contributed by atoms with Crippen LogP contribution in [0.4, 0.5) is 5.95 Å². The molecule has 11 heteroatoms. The van der Waals surface area contributed by atoms with Crippen LogP contribution >= 0.6 is 0 Å². The van der Waals surface area contributed by atoms with Crippen molar-refractivity contribution in [3.8, 4) is 0 Å². The van der Waals surface area contributed by atoms with E-state index < -0.39 is 42.1 Å². The third-order valence-corrected chi connectivity index (χ3v) is 7.98. The van der Waals surface area contributed by atoms with E-state index in [1.807, 2.05) is 0 Å². The largest absolute Gasteiger partial charge is 0.394 e. The van der Waals surface area contributed by atoms with Crippen molar-refractivity contribution in [2.75, 3.05) is 11.9 Å². The molecule has 172 valence electrons. The van der Waals surface area contributed by atoms with Gasteiger partial charge in [0.2, 0.25) is 11.9 Å². The number of fused-ring (bicyclic) bond motifs is 1. The van der Waals surface area contributed by atoms with E-state index in [1.54, 1.807) is 0 Å². The second-order valence-electron chi connectivity index (χ2n) is 10.1. The smallest absolute Gasteiger partial charge is 0.280 e. The Morgan fingerprint density at radius 1 is 1.19 bits per heavy atom. The number of anilines is 1. The molecule has 1 aliphatic heterocycles. The molecule has 0 unspecified atom stereocenters. The molecule has 2 aromatic heterocycles. The van der Waals surface area contributed by atoms with Crippen molar-refractivity contribution in [3.63, 3.8) is 0 Å². The molecule has 5 N–H and O–H groups in total. The summed E-state index contributed by atoms with van der Waals surface area (Å²) in [5, 5.41) is 32.6. The maximum atomic E-state index is 13.3. The van der Waals surface area contributed by atoms with Crippen molar-refractivity contribution in [3.05, 3.63) is 16.7 Å². The van der Waals surface area contributed by atoms with Gasteiger partial charge in [0.25, 0.3) is 5.56 Å². The van der Waals surface area contributed by atoms with Crippen molar-refractivity contribution >= 4 is 23.0 Å². The van der Waals surface area contributed by atoms with Gasteiger partial charge in [-0.05, 0) is 56.3 Å². The van der Waals surface area contributed by atoms with Crippen LogP contribution in [0, 0.1) is 23.2 Å². The lowest BCUT2D eigenvalue weighted by Gasteiger charge is -2.55. The number of hydrogen-bond acceptors (Lipinski definition) is 8. The van der Waals surface area contributed by atoms with Crippen molar-refractivity contribution in [1.29, 1.82) is 0 Å². The average molecular weight is 445 g/mol. The number of rotatable bonds is 4. The molecule has 0 radical (unpaired) electrons. The van der Waals surface area contributed by atoms with E-state index in [-0.39, 0.29) is 23.0 Å². The van der Waals surface area contributed by atoms with Gasteiger partial charge in [-0.15, -0.1) is 0 Å². The normalized spacial score (nSPS) is 40.3. The van der Waals surface area contributed by atoms with Gasteiger partial charge in [0, 0.05) is 0 Å². The molecule has 0 aromatic carbocycles. The minimum absolute atomic E-state index is 0.0236. The molecule has 7 rings (SSSR count). The number of nitrogens with zero attached hydrogens (tertiary/aromatic N) is 3. The number of H-pyrrole nitrogens is 1. The lowest BCUT2D eigenvalue weighted by Crippen LogP contribution is -2.52. The Labute approximate surface area is 182 Å². The molecule has 1 amide bonds. The molecule has 4 saturated carbocycles. The first-order valence-corrected chi connectivity index (χ1v) is 11.3. The fraction of sp³-hybridized carbons (Fsp3) is 0.714. The molecule has 5 fully saturated rings. The Hall–Kier alpha value is -2.34. The molecular weight excluding hydrogens is 418 g/mol. The monoisotopic (exact) mass is 445 g/mol. The lowest BCUT2D eigenvalue weighted by atomic mass is 9.49. The quantitative estimate of drug-likeness (QED) is 0.435. The maximum Gasteiger partial charge on any atom is 0.280 e. The maximum absolute atomic E-state index is 13.3. The lowest BCUT2D eigenvalue weighted by molar-refractivity contribution is -0.140. The number of aliphatic hydroxyl groups excluding tert-OH is 3. The van der Waals surface area contributed by atoms with Gasteiger partial charge in [0.1, 0.15) is 18.3 Å². The molecule has 0 spiro atoms. The number of hydrogen-bond donors (Lipinski definition) is 5. The number of aliphatic hydroxyl groups is 3. The van der Waals surface area contributed by atoms with Crippen LogP contribution in [0.15, 0.2) is 11.1 Å². The van der Waals surface area contributed by atoms with Crippen LogP contribution in [0.25, 0.3) is 11.2 Å². The summed E-state index contributed by atoms with van der Waals surface area (Å²) >= 11 is 0. The molecular formula is C21H27N5O6. The van der Waals surface area contributed by atoms with E-state index in [9.17, 15) is 24.9 Å². The standard InChI is InChI=1S/C21H27N5O6/c27-7-12-14(28)15(29)18(32-12)26-8-22-13-16(26)23-20(24-17(13)30)25-19(31)21-4-9-1-10(5-21)3-11(2-9)6-21/h8-12,14-15,18,27-29H,1-7H2,(H2,23,24,25,30,31)/t9?,10?,11?,12-,14+,15+,18-,21?/m1/s1. The van der Waals surface area contributed by atoms with Gasteiger partial charge in [-0.1, -0.05) is 0 Å². The molecule has 5 aliphatic rings. The van der Waals surface area contributed by atoms with E-state index in [0.717, 1.165) is 19.3 Å². The number of amides is 1. The number of carbonyl (C=O) groups excluding carboxylic acids is 1. The highest BCUT2D eigenvalue weighted by Crippen LogP contribution is 2.60. The van der Waals surface area contributed by atoms with Gasteiger partial charge in [0.05, 0.1) is 18.3 Å². The third kappa shape index (κ3) is 2.95. The van der Waals surface area contributed by atoms with E-state index in [4.69, 9.17) is 4.74 Å². The summed E-state index contributed by atoms with van der Waals surface area (Å²) in [6.07, 6.45) is 2.94. The van der Waals surface area contributed by atoms with Crippen molar-refractivity contribution in [1.82, 2.24) is 19.5 Å². The van der Waals surface area contributed by atoms with Crippen molar-refractivity contribution in [2.24, 2.45) is 23.2 Å². The van der Waals surface area contributed by atoms with Crippen LogP contribution in [0.2, 0.25) is 0 Å². The van der Waals surface area contributed by atoms with Crippen LogP contribution in [0.1, 0.15) is 44.8 Å². The van der Waals surface area contributed by atoms with Gasteiger partial charge < -0.3 is 20.1 Å². The SMILES string of the molecule is O=C(Nc1nc2c(ncn2[C@@H]2O[C@H](CO)[C@H](O)[C@@H]2O)c(=O)[nH]1)C12CC3CC(CC(C3)C1)C2. The number of aromatic amines is 1. The Morgan fingerprint density at radius 2 is 1.84 bits per heavy atom. The Kier molecular flexibility index (Phi) is 4.49. The molecule has 4 aliphatic carbocycles. The fourth-order valence-corrected chi connectivity index (χ4v) is 6.91. The predicted octanol–water partition coefficient (Wildman–Crippen LogP) is -0.114. The van der Waals surface area contributed by atoms with E-state index in [2.05, 4.69) is 20.3 Å². The topological polar surface area (TPSA) is 163 Å². The van der Waals surface area contributed by atoms with Crippen LogP contribution in [-0.2, 0) is 9.53 Å². The highest BCUT2D eigenvalue weighted by Gasteiger charge is 2.54. The van der Waals surface area contributed by atoms with E-state index >= 15 is 0 Å². The first kappa shape index (κ1) is 20.3. The zero-order chi connectivity index (χ0) is 22.2. The van der Waals surface area contributed by atoms with E-state index in [0.29, 0.717) is 17.8 Å². The van der Waals surface area contributed by atoms with Gasteiger partial charge in [-0.2, -0.15) is 4.98 Å². The predicted molar refractivity (Wildman–Crippen MR) is 110 cm³/mol. The van der Waals surface area contributed by atoms with Crippen molar-refractivity contribution in [2.45, 2.75) is 63.1 Å². The minimum atomic E-state index is -1.34. The third-order valence-electron chi connectivity index (χ3n) is 7.98. The van der Waals surface area contributed by atoms with Crippen LogP contribution < -0.4 is 10.9 Å². The second kappa shape index (κ2) is 7.08. The fourth-order valence-electron chi connectivity index (χ4n) is 6.91. The molecule has 11 nitrogen and oxygen atoms in total. The number of ether oxygens (including phenoxy) is 1. The summed E-state index contributed by atoms with van der Waals surface area (Å²) in [4.78, 5) is 37.0. The number of carbonyl (C=O) groups is 1. The zero-order valence-corrected chi connectivity index (χ0v) is 17.5. The highest BCUT2D eigenvalue weighted by atomic mass is 16.6. The molecule has 2 aromatic rings. The Bertz CT molecular complexity index is 1090. The number of imidazole rings is 1. The molecule has 4 atom stereocenters. The number of nitrogens with one attached hydrogen (secondary N) is 2. The summed E-state index contributed by atoms with van der Waals surface area (Å²) in [7, 11) is 0. The molecule has 4 bridgehead atoms. The van der Waals surface area contributed by atoms with Gasteiger partial charge in [0.15, 0.2) is 17.4 Å². The van der Waals surface area contributed by atoms with Gasteiger partial charge in [-0.25, -0.2) is 4.98 Å². The Morgan fingerprint density at radius 3 is 2.44 bits per heavy atom. The van der Waals surface area contributed by atoms with Crippen LogP contribution in [-0.4, -0.2) is 65.7 Å². The zero-order valence-electron chi connectivity index (χ0n) is 17.5. The van der Waals surface area contributed by atoms with Crippen molar-refractivity contribution < 1.29 is 24.9 Å². The summed E-state index contributed by atoms with van der Waals surface area (Å²) < 4.78 is 6.89. The van der Waals surface area contributed by atoms with Gasteiger partial charge >= 0.3 is 0 Å². The minimum Gasteiger partial charge on any atom is -0.394 e. The summed E-state index contributed by atoms with van der Waals surface area (Å²) in [6.45, 7) is -0.470. The highest BCUT2D eigenvalue weighted by molar-refractivity contribution is 5.94. The van der Waals surface area contributed by atoms with Crippen LogP contribution in [0.5, 0.6) is 0 Å². The van der Waals surface area contributed by atoms with Crippen LogP contribution in [0.3, 0.4) is 0 Å². The first-order valence-electron chi connectivity index (χ1n) is 11.3. The summed E-state index contributed by atoms with van der Waals surface area (Å²) in [5.74, 6) is 1.74. The molecule has 3 heterocycles. The average Bonchev–Trinajstić information content (AvgIpc) is 3.28. The second-order valence-corrected chi connectivity index (χ2v) is 10.1. The number of aromatic nitrogens is 4. The van der Waals surface area contributed by atoms with E-state index in [1.165, 1.54) is 30.2 Å². The van der Waals surface area contributed by atoms with Gasteiger partial charge in [-0.3, -0.25) is 24.5 Å². The molecule has 32 heavy (non-hydrogen) atoms. The summed E-state index contributed by atoms with van der Waals surface area (Å²) in [5.41, 5.74) is -0.785. The summed E-state index contributed by atoms with van der Waals surface area (Å²) in [6, 6.07) is 0. The molecule has 1 saturated heterocycles. The Balaban J connectivity index is 1.31. The first-order chi connectivity index (χ1) is 15.4.